The Balaban J connectivity index is 0.000000333. The fraction of sp³-hybridized carbons (Fsp3) is 0.595. The van der Waals surface area contributed by atoms with Crippen molar-refractivity contribution < 1.29 is 34.6 Å². The van der Waals surface area contributed by atoms with E-state index in [0.29, 0.717) is 0 Å². The summed E-state index contributed by atoms with van der Waals surface area (Å²) < 4.78 is 39.0. The molecule has 3 saturated carbocycles. The van der Waals surface area contributed by atoms with Crippen LogP contribution in [0.1, 0.15) is 109 Å². The van der Waals surface area contributed by atoms with Crippen molar-refractivity contribution in [2.75, 3.05) is 27.2 Å². The van der Waals surface area contributed by atoms with Crippen molar-refractivity contribution in [3.05, 3.63) is 86.5 Å². The second-order valence-electron chi connectivity index (χ2n) is 12.9. The fourth-order valence-corrected chi connectivity index (χ4v) is 10.7. The molecule has 0 unspecified atom stereocenters. The molecule has 0 saturated heterocycles. The first-order chi connectivity index (χ1) is 23.1. The average molecular weight is 797 g/mol. The maximum atomic E-state index is 9.75. The second kappa shape index (κ2) is 24.8. The SMILES string of the molecule is CCCCN1[C]N(CCCC)C=C1.CN(C)[C]1[CH][CH][CH][CH][C]1c1ccccc1P(C1CCCCC1)C1CCCCC1.F[B-](F)(F)F.[Cl][Ru+]. The van der Waals surface area contributed by atoms with Crippen molar-refractivity contribution in [3.8, 4) is 0 Å². The van der Waals surface area contributed by atoms with Gasteiger partial charge in [0.05, 0.1) is 6.04 Å². The number of halogens is 5. The molecule has 0 atom stereocenters. The van der Waals surface area contributed by atoms with Gasteiger partial charge in [0.1, 0.15) is 0 Å². The quantitative estimate of drug-likeness (QED) is 0.125. The Morgan fingerprint density at radius 2 is 1.25 bits per heavy atom. The molecule has 1 aromatic rings. The summed E-state index contributed by atoms with van der Waals surface area (Å²) in [7, 11) is 2.83. The molecule has 1 heterocycles. The predicted octanol–water partition coefficient (Wildman–Crippen LogP) is 11.0. The van der Waals surface area contributed by atoms with E-state index in [-0.39, 0.29) is 7.92 Å². The molecule has 0 bridgehead atoms. The molecular weight excluding hydrogens is 741 g/mol. The van der Waals surface area contributed by atoms with Gasteiger partial charge >= 0.3 is 34.3 Å². The number of nitrogens with zero attached hydrogens (tertiary/aromatic N) is 3. The van der Waals surface area contributed by atoms with Crippen LogP contribution >= 0.6 is 17.6 Å². The number of benzene rings is 1. The molecule has 1 aliphatic heterocycles. The summed E-state index contributed by atoms with van der Waals surface area (Å²) >= 11 is 1.82. The first-order valence-electron chi connectivity index (χ1n) is 17.7. The number of rotatable bonds is 11. The summed E-state index contributed by atoms with van der Waals surface area (Å²) in [5.74, 6) is 1.42. The Hall–Kier alpha value is -0.352. The van der Waals surface area contributed by atoms with Gasteiger partial charge < -0.3 is 32.0 Å². The Morgan fingerprint density at radius 3 is 1.71 bits per heavy atom. The maximum absolute atomic E-state index is 9.75. The van der Waals surface area contributed by atoms with E-state index < -0.39 is 7.25 Å². The topological polar surface area (TPSA) is 9.72 Å². The van der Waals surface area contributed by atoms with Gasteiger partial charge in [-0.2, -0.15) is 0 Å². The molecule has 3 nitrogen and oxygen atoms in total. The van der Waals surface area contributed by atoms with E-state index in [1.807, 2.05) is 17.3 Å². The van der Waals surface area contributed by atoms with Crippen LogP contribution in [0.15, 0.2) is 36.7 Å². The van der Waals surface area contributed by atoms with Gasteiger partial charge in [-0.05, 0) is 100 Å². The van der Waals surface area contributed by atoms with Crippen LogP contribution in [0.4, 0.5) is 17.3 Å². The van der Waals surface area contributed by atoms with Crippen molar-refractivity contribution in [1.82, 2.24) is 14.7 Å². The van der Waals surface area contributed by atoms with E-state index in [1.165, 1.54) is 107 Å². The first-order valence-corrected chi connectivity index (χ1v) is 21.5. The molecule has 0 spiro atoms. The summed E-state index contributed by atoms with van der Waals surface area (Å²) in [4.78, 5) is 6.58. The molecule has 4 aliphatic rings. The van der Waals surface area contributed by atoms with E-state index in [1.54, 1.807) is 5.30 Å². The first kappa shape index (κ1) is 43.8. The number of hydrogen-bond donors (Lipinski definition) is 0. The Bertz CT molecular complexity index is 956. The Kier molecular flexibility index (Phi) is 22.6. The molecule has 8 radical (unpaired) electrons. The summed E-state index contributed by atoms with van der Waals surface area (Å²) in [6, 6.07) is 10.8. The van der Waals surface area contributed by atoms with Gasteiger partial charge in [0.25, 0.3) is 0 Å². The molecule has 270 valence electrons. The van der Waals surface area contributed by atoms with E-state index in [4.69, 9.17) is 0 Å². The van der Waals surface area contributed by atoms with Gasteiger partial charge in [-0.3, -0.25) is 0 Å². The number of unbranched alkanes of at least 4 members (excludes halogenated alkanes) is 2. The van der Waals surface area contributed by atoms with Crippen molar-refractivity contribution in [3.63, 3.8) is 0 Å². The van der Waals surface area contributed by atoms with Crippen LogP contribution in [0.5, 0.6) is 0 Å². The van der Waals surface area contributed by atoms with E-state index >= 15 is 0 Å². The van der Waals surface area contributed by atoms with Gasteiger partial charge in [-0.25, -0.2) is 0 Å². The number of likely N-dealkylation sites (N-methyl/N-ethyl adjacent to an activating group) is 1. The normalized spacial score (nSPS) is 19.8. The van der Waals surface area contributed by atoms with Gasteiger partial charge in [0.15, 0.2) is 0 Å². The van der Waals surface area contributed by atoms with Crippen LogP contribution in [-0.2, 0) is 17.3 Å². The van der Waals surface area contributed by atoms with Crippen LogP contribution in [0.25, 0.3) is 0 Å². The molecule has 5 rings (SSSR count). The monoisotopic (exact) mass is 797 g/mol. The van der Waals surface area contributed by atoms with E-state index in [9.17, 15) is 17.3 Å². The second-order valence-corrected chi connectivity index (χ2v) is 15.7. The summed E-state index contributed by atoms with van der Waals surface area (Å²) in [5.41, 5.74) is 3.40. The third-order valence-electron chi connectivity index (χ3n) is 8.98. The van der Waals surface area contributed by atoms with Gasteiger partial charge in [0, 0.05) is 31.4 Å². The van der Waals surface area contributed by atoms with Gasteiger partial charge in [-0.1, -0.05) is 97.4 Å². The molecule has 0 amide bonds. The molecule has 3 fully saturated rings. The average Bonchev–Trinajstić information content (AvgIpc) is 3.56. The Morgan fingerprint density at radius 1 is 0.792 bits per heavy atom. The summed E-state index contributed by atoms with van der Waals surface area (Å²) in [6.07, 6.45) is 32.8. The van der Waals surface area contributed by atoms with Gasteiger partial charge in [-0.15, -0.1) is 0 Å². The molecule has 0 aromatic heterocycles. The zero-order valence-electron chi connectivity index (χ0n) is 29.4. The van der Waals surface area contributed by atoms with E-state index in [2.05, 4.69) is 121 Å². The molecule has 3 aliphatic carbocycles. The van der Waals surface area contributed by atoms with E-state index in [0.717, 1.165) is 24.4 Å². The van der Waals surface area contributed by atoms with Crippen molar-refractivity contribution in [2.45, 2.75) is 115 Å². The third-order valence-corrected chi connectivity index (χ3v) is 12.5. The van der Waals surface area contributed by atoms with Crippen LogP contribution in [0.2, 0.25) is 0 Å². The minimum atomic E-state index is -6.00. The van der Waals surface area contributed by atoms with Crippen molar-refractivity contribution in [2.24, 2.45) is 0 Å². The van der Waals surface area contributed by atoms with Crippen molar-refractivity contribution in [1.29, 1.82) is 0 Å². The minimum absolute atomic E-state index is 0.0867. The summed E-state index contributed by atoms with van der Waals surface area (Å²) in [5, 5.41) is 1.70. The fourth-order valence-electron chi connectivity index (χ4n) is 6.73. The summed E-state index contributed by atoms with van der Waals surface area (Å²) in [6.45, 7) is 9.96. The standard InChI is InChI=1S/C26H36NP.C11H20N2.BF4.ClH.Ru/c1-27(2)25-19-11-9-17-23(25)24-18-10-12-20-26(24)28(21-13-5-3-6-14-21)22-15-7-4-8-16-22;1-3-5-7-12-9-10-13(11-12)8-6-4-2;2-1(3,4)5;;/h9-12,17-22H,3-8,13-16H2,1-2H3;9-10H,3-8H2,1-2H3;;1H;/q;;-1;;+2/p-1. The zero-order chi connectivity index (χ0) is 35.4. The van der Waals surface area contributed by atoms with Gasteiger partial charge in [0.2, 0.25) is 6.67 Å². The van der Waals surface area contributed by atoms with Crippen LogP contribution in [0, 0.1) is 44.3 Å². The molecule has 48 heavy (non-hydrogen) atoms. The molecule has 11 heteroatoms. The van der Waals surface area contributed by atoms with Crippen LogP contribution in [0.3, 0.4) is 0 Å². The van der Waals surface area contributed by atoms with Crippen LogP contribution < -0.4 is 5.30 Å². The zero-order valence-corrected chi connectivity index (χ0v) is 32.7. The third kappa shape index (κ3) is 16.3. The molecular formula is C37H56BClF4N3PRu. The van der Waals surface area contributed by atoms with Crippen LogP contribution in [-0.4, -0.2) is 60.5 Å². The predicted molar refractivity (Wildman–Crippen MR) is 195 cm³/mol. The Labute approximate surface area is 306 Å². The van der Waals surface area contributed by atoms with Crippen molar-refractivity contribution >= 4 is 30.2 Å². The number of hydrogen-bond acceptors (Lipinski definition) is 3. The molecule has 1 aromatic carbocycles. The molecule has 0 N–H and O–H groups in total.